The van der Waals surface area contributed by atoms with Crippen molar-refractivity contribution in [3.63, 3.8) is 0 Å². The Bertz CT molecular complexity index is 609. The molecule has 0 radical (unpaired) electrons. The Morgan fingerprint density at radius 1 is 1.26 bits per heavy atom. The monoisotopic (exact) mass is 274 g/mol. The molecule has 2 bridgehead atoms. The molecule has 4 heterocycles. The van der Waals surface area contributed by atoms with E-state index in [0.29, 0.717) is 6.04 Å². The highest BCUT2D eigenvalue weighted by atomic mass is 32.1. The maximum absolute atomic E-state index is 4.57. The first-order valence-electron chi connectivity index (χ1n) is 7.01. The van der Waals surface area contributed by atoms with Crippen molar-refractivity contribution in [2.45, 2.75) is 38.3 Å². The minimum atomic E-state index is 0.638. The van der Waals surface area contributed by atoms with Crippen LogP contribution in [0, 0.1) is 6.92 Å². The zero-order chi connectivity index (χ0) is 12.8. The molecule has 1 N–H and O–H groups in total. The molecule has 0 unspecified atom stereocenters. The molecule has 2 aromatic heterocycles. The number of nitrogens with one attached hydrogen (secondary N) is 1. The summed E-state index contributed by atoms with van der Waals surface area (Å²) in [5.41, 5.74) is 2.38. The van der Waals surface area contributed by atoms with Gasteiger partial charge in [0.15, 0.2) is 0 Å². The Hall–Kier alpha value is -1.20. The highest BCUT2D eigenvalue weighted by Crippen LogP contribution is 2.32. The van der Waals surface area contributed by atoms with Crippen LogP contribution in [0.5, 0.6) is 0 Å². The average molecular weight is 274 g/mol. The van der Waals surface area contributed by atoms with Crippen LogP contribution in [0.1, 0.15) is 24.8 Å². The zero-order valence-corrected chi connectivity index (χ0v) is 11.9. The van der Waals surface area contributed by atoms with Crippen LogP contribution in [0.15, 0.2) is 11.7 Å². The topological polar surface area (TPSA) is 41.0 Å². The Morgan fingerprint density at radius 3 is 3.11 bits per heavy atom. The predicted octanol–water partition coefficient (Wildman–Crippen LogP) is 2.33. The number of aromatic nitrogens is 2. The van der Waals surface area contributed by atoms with E-state index in [0.717, 1.165) is 30.5 Å². The largest absolute Gasteiger partial charge is 0.354 e. The SMILES string of the molecule is Cc1csc2c(N3CC[C@H]4CC[C@@H](C3)N4)ncnc12. The quantitative estimate of drug-likeness (QED) is 0.866. The molecule has 19 heavy (non-hydrogen) atoms. The fraction of sp³-hybridized carbons (Fsp3) is 0.571. The van der Waals surface area contributed by atoms with E-state index >= 15 is 0 Å². The van der Waals surface area contributed by atoms with E-state index in [1.165, 1.54) is 29.5 Å². The number of thiophene rings is 1. The van der Waals surface area contributed by atoms with Crippen molar-refractivity contribution in [1.29, 1.82) is 0 Å². The van der Waals surface area contributed by atoms with Gasteiger partial charge in [-0.3, -0.25) is 0 Å². The molecule has 5 heteroatoms. The lowest BCUT2D eigenvalue weighted by molar-refractivity contribution is 0.563. The van der Waals surface area contributed by atoms with Crippen LogP contribution in [0.3, 0.4) is 0 Å². The lowest BCUT2D eigenvalue weighted by Crippen LogP contribution is -2.35. The number of hydrogen-bond donors (Lipinski definition) is 1. The first-order valence-corrected chi connectivity index (χ1v) is 7.89. The molecule has 2 saturated heterocycles. The van der Waals surface area contributed by atoms with E-state index in [4.69, 9.17) is 0 Å². The predicted molar refractivity (Wildman–Crippen MR) is 78.9 cm³/mol. The molecule has 2 aromatic rings. The summed E-state index contributed by atoms with van der Waals surface area (Å²) in [6.07, 6.45) is 5.59. The number of hydrogen-bond acceptors (Lipinski definition) is 5. The molecule has 4 rings (SSSR count). The molecule has 0 aliphatic carbocycles. The van der Waals surface area contributed by atoms with E-state index in [9.17, 15) is 0 Å². The van der Waals surface area contributed by atoms with Crippen LogP contribution in [0.25, 0.3) is 10.2 Å². The second kappa shape index (κ2) is 4.42. The Morgan fingerprint density at radius 2 is 2.16 bits per heavy atom. The lowest BCUT2D eigenvalue weighted by atomic mass is 10.1. The summed E-state index contributed by atoms with van der Waals surface area (Å²) in [6, 6.07) is 1.36. The summed E-state index contributed by atoms with van der Waals surface area (Å²) in [7, 11) is 0. The number of nitrogens with zero attached hydrogens (tertiary/aromatic N) is 3. The van der Waals surface area contributed by atoms with Crippen LogP contribution < -0.4 is 10.2 Å². The number of rotatable bonds is 1. The number of fused-ring (bicyclic) bond motifs is 3. The van der Waals surface area contributed by atoms with Gasteiger partial charge in [-0.2, -0.15) is 0 Å². The minimum Gasteiger partial charge on any atom is -0.354 e. The Labute approximate surface area is 116 Å². The van der Waals surface area contributed by atoms with Crippen molar-refractivity contribution in [3.05, 3.63) is 17.3 Å². The van der Waals surface area contributed by atoms with Gasteiger partial charge in [0.1, 0.15) is 12.1 Å². The summed E-state index contributed by atoms with van der Waals surface area (Å²) < 4.78 is 1.25. The van der Waals surface area contributed by atoms with E-state index in [-0.39, 0.29) is 0 Å². The molecule has 100 valence electrons. The number of aryl methyl sites for hydroxylation is 1. The zero-order valence-electron chi connectivity index (χ0n) is 11.1. The van der Waals surface area contributed by atoms with Crippen molar-refractivity contribution in [2.75, 3.05) is 18.0 Å². The molecule has 0 spiro atoms. The first kappa shape index (κ1) is 11.6. The highest BCUT2D eigenvalue weighted by molar-refractivity contribution is 7.18. The highest BCUT2D eigenvalue weighted by Gasteiger charge is 2.30. The minimum absolute atomic E-state index is 0.638. The molecule has 0 saturated carbocycles. The van der Waals surface area contributed by atoms with Gasteiger partial charge in [-0.25, -0.2) is 9.97 Å². The summed E-state index contributed by atoms with van der Waals surface area (Å²) >= 11 is 1.77. The van der Waals surface area contributed by atoms with E-state index in [1.807, 2.05) is 0 Å². The maximum Gasteiger partial charge on any atom is 0.150 e. The van der Waals surface area contributed by atoms with Crippen molar-refractivity contribution in [1.82, 2.24) is 15.3 Å². The molecule has 2 aliphatic rings. The molecule has 0 amide bonds. The molecule has 0 aromatic carbocycles. The third-order valence-electron chi connectivity index (χ3n) is 4.33. The molecule has 2 fully saturated rings. The fourth-order valence-electron chi connectivity index (χ4n) is 3.32. The van der Waals surface area contributed by atoms with Gasteiger partial charge in [-0.15, -0.1) is 11.3 Å². The standard InChI is InChI=1S/C14H18N4S/c1-9-7-19-13-12(9)15-8-16-14(13)18-5-4-10-2-3-11(6-18)17-10/h7-8,10-11,17H,2-6H2,1H3/t10-,11+/m1/s1. The van der Waals surface area contributed by atoms with Gasteiger partial charge in [0.25, 0.3) is 0 Å². The summed E-state index contributed by atoms with van der Waals surface area (Å²) in [6.45, 7) is 4.32. The van der Waals surface area contributed by atoms with E-state index in [1.54, 1.807) is 17.7 Å². The lowest BCUT2D eigenvalue weighted by Gasteiger charge is -2.25. The van der Waals surface area contributed by atoms with Gasteiger partial charge in [0.05, 0.1) is 10.2 Å². The summed E-state index contributed by atoms with van der Waals surface area (Å²) in [4.78, 5) is 11.4. The van der Waals surface area contributed by atoms with Crippen LogP contribution >= 0.6 is 11.3 Å². The smallest absolute Gasteiger partial charge is 0.150 e. The average Bonchev–Trinajstić information content (AvgIpc) is 2.94. The van der Waals surface area contributed by atoms with Crippen molar-refractivity contribution < 1.29 is 0 Å². The third-order valence-corrected chi connectivity index (χ3v) is 5.42. The third kappa shape index (κ3) is 1.92. The van der Waals surface area contributed by atoms with Gasteiger partial charge in [-0.1, -0.05) is 0 Å². The Balaban J connectivity index is 1.73. The summed E-state index contributed by atoms with van der Waals surface area (Å²) in [5.74, 6) is 1.14. The second-order valence-corrected chi connectivity index (χ2v) is 6.55. The Kier molecular flexibility index (Phi) is 2.70. The maximum atomic E-state index is 4.57. The van der Waals surface area contributed by atoms with Gasteiger partial charge in [-0.05, 0) is 37.1 Å². The van der Waals surface area contributed by atoms with Gasteiger partial charge in [0.2, 0.25) is 0 Å². The van der Waals surface area contributed by atoms with Crippen molar-refractivity contribution in [3.8, 4) is 0 Å². The van der Waals surface area contributed by atoms with Crippen LogP contribution in [0.2, 0.25) is 0 Å². The number of anilines is 1. The molecule has 4 nitrogen and oxygen atoms in total. The van der Waals surface area contributed by atoms with Crippen LogP contribution in [-0.4, -0.2) is 35.1 Å². The van der Waals surface area contributed by atoms with Crippen molar-refractivity contribution >= 4 is 27.4 Å². The fourth-order valence-corrected chi connectivity index (χ4v) is 4.34. The summed E-state index contributed by atoms with van der Waals surface area (Å²) in [5, 5.41) is 5.91. The molecule has 2 atom stereocenters. The normalized spacial score (nSPS) is 26.9. The van der Waals surface area contributed by atoms with Crippen LogP contribution in [0.4, 0.5) is 5.82 Å². The van der Waals surface area contributed by atoms with Crippen molar-refractivity contribution in [2.24, 2.45) is 0 Å². The first-order chi connectivity index (χ1) is 9.31. The second-order valence-electron chi connectivity index (χ2n) is 5.67. The van der Waals surface area contributed by atoms with Gasteiger partial charge in [0, 0.05) is 25.2 Å². The molecular formula is C14H18N4S. The molecule has 2 aliphatic heterocycles. The van der Waals surface area contributed by atoms with Gasteiger partial charge >= 0.3 is 0 Å². The van der Waals surface area contributed by atoms with E-state index < -0.39 is 0 Å². The van der Waals surface area contributed by atoms with Crippen LogP contribution in [-0.2, 0) is 0 Å². The van der Waals surface area contributed by atoms with E-state index in [2.05, 4.69) is 32.5 Å². The molecular weight excluding hydrogens is 256 g/mol. The van der Waals surface area contributed by atoms with Gasteiger partial charge < -0.3 is 10.2 Å².